The van der Waals surface area contributed by atoms with Crippen molar-refractivity contribution in [3.8, 4) is 11.1 Å². The molecule has 0 bridgehead atoms. The Morgan fingerprint density at radius 3 is 2.33 bits per heavy atom. The summed E-state index contributed by atoms with van der Waals surface area (Å²) in [5.74, 6) is -0.00594. The van der Waals surface area contributed by atoms with Crippen LogP contribution < -0.4 is 10.0 Å². The predicted octanol–water partition coefficient (Wildman–Crippen LogP) is 3.12. The Balaban J connectivity index is 1.45. The summed E-state index contributed by atoms with van der Waals surface area (Å²) in [5.41, 5.74) is 4.16. The first-order valence-electron chi connectivity index (χ1n) is 10.4. The predicted molar refractivity (Wildman–Crippen MR) is 121 cm³/mol. The summed E-state index contributed by atoms with van der Waals surface area (Å²) in [5, 5.41) is 2.92. The summed E-state index contributed by atoms with van der Waals surface area (Å²) in [6, 6.07) is 16.1. The van der Waals surface area contributed by atoms with Gasteiger partial charge in [-0.1, -0.05) is 42.8 Å². The molecular formula is C23H29N3O3S. The Hall–Kier alpha value is -2.67. The third-order valence-electron chi connectivity index (χ3n) is 5.18. The van der Waals surface area contributed by atoms with Crippen LogP contribution in [0.25, 0.3) is 11.1 Å². The average Bonchev–Trinajstić information content (AvgIpc) is 2.93. The van der Waals surface area contributed by atoms with E-state index in [0.717, 1.165) is 48.1 Å². The molecule has 0 spiro atoms. The maximum absolute atomic E-state index is 12.2. The van der Waals surface area contributed by atoms with Gasteiger partial charge in [-0.15, -0.1) is 0 Å². The summed E-state index contributed by atoms with van der Waals surface area (Å²) in [6.07, 6.45) is 5.85. The summed E-state index contributed by atoms with van der Waals surface area (Å²) < 4.78 is 14.1. The van der Waals surface area contributed by atoms with Gasteiger partial charge in [-0.05, 0) is 48.1 Å². The second kappa shape index (κ2) is 10.9. The van der Waals surface area contributed by atoms with Crippen molar-refractivity contribution in [2.75, 3.05) is 30.6 Å². The molecule has 0 aliphatic carbocycles. The fraction of sp³-hybridized carbons (Fsp3) is 0.391. The van der Waals surface area contributed by atoms with Gasteiger partial charge in [0.1, 0.15) is 11.0 Å². The fourth-order valence-electron chi connectivity index (χ4n) is 3.54. The van der Waals surface area contributed by atoms with Crippen molar-refractivity contribution < 1.29 is 13.8 Å². The number of benzene rings is 2. The zero-order chi connectivity index (χ0) is 21.3. The topological polar surface area (TPSA) is 78.5 Å². The van der Waals surface area contributed by atoms with Crippen LogP contribution in [-0.2, 0) is 27.0 Å². The summed E-state index contributed by atoms with van der Waals surface area (Å²) >= 11 is 0. The lowest BCUT2D eigenvalue weighted by atomic mass is 10.0. The van der Waals surface area contributed by atoms with Crippen LogP contribution in [0.4, 0.5) is 5.69 Å². The molecule has 1 heterocycles. The monoisotopic (exact) mass is 427 g/mol. The van der Waals surface area contributed by atoms with Crippen LogP contribution in [-0.4, -0.2) is 46.8 Å². The molecule has 30 heavy (non-hydrogen) atoms. The highest BCUT2D eigenvalue weighted by Crippen LogP contribution is 2.22. The molecule has 1 aliphatic heterocycles. The Kier molecular flexibility index (Phi) is 8.02. The smallest absolute Gasteiger partial charge is 0.239 e. The van der Waals surface area contributed by atoms with E-state index in [2.05, 4.69) is 34.3 Å². The number of nitrogens with zero attached hydrogens (tertiary/aromatic N) is 1. The number of anilines is 1. The van der Waals surface area contributed by atoms with Gasteiger partial charge in [0.15, 0.2) is 0 Å². The zero-order valence-corrected chi connectivity index (χ0v) is 18.2. The van der Waals surface area contributed by atoms with Crippen LogP contribution in [0.15, 0.2) is 48.5 Å². The van der Waals surface area contributed by atoms with Gasteiger partial charge < -0.3 is 14.9 Å². The molecule has 2 aromatic carbocycles. The van der Waals surface area contributed by atoms with E-state index in [4.69, 9.17) is 0 Å². The molecule has 7 heteroatoms. The van der Waals surface area contributed by atoms with E-state index in [1.54, 1.807) is 11.2 Å². The molecule has 2 amide bonds. The van der Waals surface area contributed by atoms with E-state index in [0.29, 0.717) is 19.5 Å². The normalized spacial score (nSPS) is 15.4. The Morgan fingerprint density at radius 2 is 1.67 bits per heavy atom. The lowest BCUT2D eigenvalue weighted by molar-refractivity contribution is -0.135. The van der Waals surface area contributed by atoms with Crippen molar-refractivity contribution in [1.29, 1.82) is 0 Å². The number of nitrogens with one attached hydrogen (secondary N) is 2. The molecule has 1 aliphatic rings. The standard InChI is InChI=1S/C23H29N3O3S/c1-30(29)25-21-12-10-20(11-13-21)19-8-6-18(7-9-19)14-15-24-22(27)17-26-16-4-2-3-5-23(26)28/h6-13,25H,2-5,14-17H2,1H3,(H,24,27). The SMILES string of the molecule is CS(=O)Nc1ccc(-c2ccc(CCNC(=O)CN3CCCCCC3=O)cc2)cc1. The third-order valence-corrected chi connectivity index (χ3v) is 5.70. The highest BCUT2D eigenvalue weighted by molar-refractivity contribution is 7.85. The fourth-order valence-corrected chi connectivity index (χ4v) is 4.01. The van der Waals surface area contributed by atoms with Gasteiger partial charge in [0.25, 0.3) is 0 Å². The number of likely N-dealkylation sites (tertiary alicyclic amines) is 1. The van der Waals surface area contributed by atoms with Crippen LogP contribution in [0.5, 0.6) is 0 Å². The van der Waals surface area contributed by atoms with E-state index in [1.807, 2.05) is 24.3 Å². The van der Waals surface area contributed by atoms with Gasteiger partial charge >= 0.3 is 0 Å². The van der Waals surface area contributed by atoms with E-state index in [-0.39, 0.29) is 18.4 Å². The van der Waals surface area contributed by atoms with E-state index < -0.39 is 11.0 Å². The lowest BCUT2D eigenvalue weighted by Crippen LogP contribution is -2.41. The van der Waals surface area contributed by atoms with Crippen molar-refractivity contribution in [2.24, 2.45) is 0 Å². The van der Waals surface area contributed by atoms with E-state index >= 15 is 0 Å². The van der Waals surface area contributed by atoms with Gasteiger partial charge in [0.2, 0.25) is 11.8 Å². The Morgan fingerprint density at radius 1 is 1.00 bits per heavy atom. The second-order valence-electron chi connectivity index (χ2n) is 7.56. The van der Waals surface area contributed by atoms with Gasteiger partial charge in [-0.25, -0.2) is 4.21 Å². The number of carbonyl (C=O) groups is 2. The van der Waals surface area contributed by atoms with Crippen LogP contribution in [0.1, 0.15) is 31.2 Å². The second-order valence-corrected chi connectivity index (χ2v) is 8.67. The molecule has 1 fully saturated rings. The summed E-state index contributed by atoms with van der Waals surface area (Å²) in [4.78, 5) is 25.8. The van der Waals surface area contributed by atoms with Crippen LogP contribution in [0.3, 0.4) is 0 Å². The summed E-state index contributed by atoms with van der Waals surface area (Å²) in [6.45, 7) is 1.39. The highest BCUT2D eigenvalue weighted by atomic mass is 32.2. The van der Waals surface area contributed by atoms with E-state index in [1.165, 1.54) is 0 Å². The molecular weight excluding hydrogens is 398 g/mol. The molecule has 2 N–H and O–H groups in total. The van der Waals surface area contributed by atoms with Crippen LogP contribution in [0, 0.1) is 0 Å². The minimum atomic E-state index is -1.08. The van der Waals surface area contributed by atoms with Crippen LogP contribution >= 0.6 is 0 Å². The third kappa shape index (κ3) is 6.69. The molecule has 0 saturated carbocycles. The highest BCUT2D eigenvalue weighted by Gasteiger charge is 2.18. The maximum Gasteiger partial charge on any atom is 0.239 e. The Bertz CT molecular complexity index is 882. The largest absolute Gasteiger partial charge is 0.354 e. The molecule has 0 radical (unpaired) electrons. The first-order chi connectivity index (χ1) is 14.5. The maximum atomic E-state index is 12.2. The van der Waals surface area contributed by atoms with Crippen molar-refractivity contribution >= 4 is 28.5 Å². The minimum Gasteiger partial charge on any atom is -0.354 e. The number of rotatable bonds is 8. The zero-order valence-electron chi connectivity index (χ0n) is 17.4. The number of amides is 2. The number of hydrogen-bond acceptors (Lipinski definition) is 3. The van der Waals surface area contributed by atoms with Gasteiger partial charge in [-0.3, -0.25) is 9.59 Å². The van der Waals surface area contributed by atoms with Crippen molar-refractivity contribution in [3.63, 3.8) is 0 Å². The van der Waals surface area contributed by atoms with Gasteiger partial charge in [-0.2, -0.15) is 0 Å². The molecule has 2 aromatic rings. The molecule has 1 unspecified atom stereocenters. The van der Waals surface area contributed by atoms with Gasteiger partial charge in [0, 0.05) is 31.5 Å². The van der Waals surface area contributed by atoms with Crippen molar-refractivity contribution in [3.05, 3.63) is 54.1 Å². The van der Waals surface area contributed by atoms with Crippen molar-refractivity contribution in [1.82, 2.24) is 10.2 Å². The lowest BCUT2D eigenvalue weighted by Gasteiger charge is -2.19. The van der Waals surface area contributed by atoms with Gasteiger partial charge in [0.05, 0.1) is 6.54 Å². The molecule has 3 rings (SSSR count). The average molecular weight is 428 g/mol. The Labute approximate surface area is 180 Å². The molecule has 1 atom stereocenters. The first kappa shape index (κ1) is 22.0. The quantitative estimate of drug-likeness (QED) is 0.679. The number of carbonyl (C=O) groups excluding carboxylic acids is 2. The number of hydrogen-bond donors (Lipinski definition) is 2. The molecule has 160 valence electrons. The first-order valence-corrected chi connectivity index (χ1v) is 11.9. The van der Waals surface area contributed by atoms with Crippen molar-refractivity contribution in [2.45, 2.75) is 32.1 Å². The molecule has 1 saturated heterocycles. The van der Waals surface area contributed by atoms with E-state index in [9.17, 15) is 13.8 Å². The minimum absolute atomic E-state index is 0.0880. The van der Waals surface area contributed by atoms with Crippen LogP contribution in [0.2, 0.25) is 0 Å². The molecule has 6 nitrogen and oxygen atoms in total. The molecule has 0 aromatic heterocycles. The summed E-state index contributed by atoms with van der Waals surface area (Å²) in [7, 11) is -1.08.